The van der Waals surface area contributed by atoms with Crippen LogP contribution in [-0.4, -0.2) is 41.0 Å². The molecule has 0 aliphatic rings. The maximum Gasteiger partial charge on any atom is 0.261 e. The van der Waals surface area contributed by atoms with Crippen molar-refractivity contribution in [3.8, 4) is 5.75 Å². The van der Waals surface area contributed by atoms with E-state index in [0.717, 1.165) is 0 Å². The Morgan fingerprint density at radius 2 is 2.00 bits per heavy atom. The molecule has 1 atom stereocenters. The normalized spacial score (nSPS) is 12.8. The molecule has 1 unspecified atom stereocenters. The first-order valence-electron chi connectivity index (χ1n) is 6.43. The van der Waals surface area contributed by atoms with E-state index in [1.165, 1.54) is 25.1 Å². The minimum Gasteiger partial charge on any atom is -0.478 e. The summed E-state index contributed by atoms with van der Waals surface area (Å²) in [5.41, 5.74) is -1.09. The summed E-state index contributed by atoms with van der Waals surface area (Å²) in [6.07, 6.45) is -0.589. The molecule has 0 saturated carbocycles. The first kappa shape index (κ1) is 16.4. The number of aliphatic hydroxyl groups excluding tert-OH is 2. The van der Waals surface area contributed by atoms with Crippen LogP contribution < -0.4 is 10.1 Å². The third kappa shape index (κ3) is 3.91. The lowest BCUT2D eigenvalue weighted by molar-refractivity contribution is -0.130. The van der Waals surface area contributed by atoms with Crippen molar-refractivity contribution in [2.45, 2.75) is 31.9 Å². The van der Waals surface area contributed by atoms with Crippen LogP contribution in [0, 0.1) is 5.82 Å². The molecule has 0 fully saturated rings. The van der Waals surface area contributed by atoms with Gasteiger partial charge in [-0.15, -0.1) is 0 Å². The van der Waals surface area contributed by atoms with Crippen molar-refractivity contribution < 1.29 is 24.1 Å². The molecule has 0 spiro atoms. The Hall–Kier alpha value is -1.66. The Balaban J connectivity index is 2.70. The Morgan fingerprint density at radius 3 is 2.50 bits per heavy atom. The van der Waals surface area contributed by atoms with Gasteiger partial charge in [-0.1, -0.05) is 19.1 Å². The van der Waals surface area contributed by atoms with Gasteiger partial charge in [0.25, 0.3) is 5.91 Å². The van der Waals surface area contributed by atoms with Crippen LogP contribution in [0.5, 0.6) is 5.75 Å². The predicted molar refractivity (Wildman–Crippen MR) is 71.8 cm³/mol. The zero-order valence-electron chi connectivity index (χ0n) is 11.6. The average molecular weight is 285 g/mol. The Morgan fingerprint density at radius 1 is 1.40 bits per heavy atom. The summed E-state index contributed by atoms with van der Waals surface area (Å²) in [7, 11) is 0. The fourth-order valence-electron chi connectivity index (χ4n) is 1.59. The van der Waals surface area contributed by atoms with E-state index in [-0.39, 0.29) is 5.75 Å². The number of ether oxygens (including phenoxy) is 1. The fourth-order valence-corrected chi connectivity index (χ4v) is 1.59. The van der Waals surface area contributed by atoms with Gasteiger partial charge in [-0.3, -0.25) is 4.79 Å². The van der Waals surface area contributed by atoms with E-state index < -0.39 is 36.6 Å². The van der Waals surface area contributed by atoms with Crippen LogP contribution in [0.3, 0.4) is 0 Å². The number of benzene rings is 1. The molecule has 0 aliphatic heterocycles. The summed E-state index contributed by atoms with van der Waals surface area (Å²) in [6.45, 7) is 2.42. The van der Waals surface area contributed by atoms with E-state index in [1.54, 1.807) is 13.0 Å². The van der Waals surface area contributed by atoms with Gasteiger partial charge in [0.1, 0.15) is 0 Å². The highest BCUT2D eigenvalue weighted by Crippen LogP contribution is 2.17. The molecule has 0 saturated heterocycles. The van der Waals surface area contributed by atoms with Crippen LogP contribution in [0.25, 0.3) is 0 Å². The van der Waals surface area contributed by atoms with Gasteiger partial charge in [-0.25, -0.2) is 4.39 Å². The number of aliphatic hydroxyl groups is 2. The van der Waals surface area contributed by atoms with E-state index in [9.17, 15) is 19.4 Å². The third-order valence-electron chi connectivity index (χ3n) is 3.18. The highest BCUT2D eigenvalue weighted by atomic mass is 19.1. The number of nitrogens with one attached hydrogen (secondary N) is 1. The van der Waals surface area contributed by atoms with Crippen LogP contribution in [0.4, 0.5) is 4.39 Å². The first-order chi connectivity index (χ1) is 9.48. The van der Waals surface area contributed by atoms with Gasteiger partial charge in [0, 0.05) is 0 Å². The smallest absolute Gasteiger partial charge is 0.261 e. The molecule has 3 N–H and O–H groups in total. The van der Waals surface area contributed by atoms with E-state index in [2.05, 4.69) is 5.32 Å². The lowest BCUT2D eigenvalue weighted by Crippen LogP contribution is -2.56. The van der Waals surface area contributed by atoms with Gasteiger partial charge in [0.05, 0.1) is 18.8 Å². The lowest BCUT2D eigenvalue weighted by Gasteiger charge is -2.31. The molecule has 0 aliphatic carbocycles. The highest BCUT2D eigenvalue weighted by Gasteiger charge is 2.31. The lowest BCUT2D eigenvalue weighted by atomic mass is 9.98. The SMILES string of the molecule is CCC(CO)(CO)NC(=O)C(C)Oc1ccccc1F. The number of halogens is 1. The molecule has 112 valence electrons. The van der Waals surface area contributed by atoms with Crippen molar-refractivity contribution in [2.24, 2.45) is 0 Å². The molecule has 0 heterocycles. The molecule has 1 rings (SSSR count). The zero-order valence-corrected chi connectivity index (χ0v) is 11.6. The van der Waals surface area contributed by atoms with Crippen molar-refractivity contribution >= 4 is 5.91 Å². The van der Waals surface area contributed by atoms with E-state index in [1.807, 2.05) is 0 Å². The molecule has 0 radical (unpaired) electrons. The van der Waals surface area contributed by atoms with Crippen molar-refractivity contribution in [3.63, 3.8) is 0 Å². The molecule has 0 aromatic heterocycles. The fraction of sp³-hybridized carbons (Fsp3) is 0.500. The van der Waals surface area contributed by atoms with Gasteiger partial charge in [0.2, 0.25) is 0 Å². The number of rotatable bonds is 7. The van der Waals surface area contributed by atoms with Crippen molar-refractivity contribution in [1.82, 2.24) is 5.32 Å². The number of hydrogen-bond acceptors (Lipinski definition) is 4. The zero-order chi connectivity index (χ0) is 15.2. The van der Waals surface area contributed by atoms with Crippen molar-refractivity contribution in [2.75, 3.05) is 13.2 Å². The maximum atomic E-state index is 13.4. The van der Waals surface area contributed by atoms with Crippen LogP contribution in [0.1, 0.15) is 20.3 Å². The number of para-hydroxylation sites is 1. The molecule has 6 heteroatoms. The van der Waals surface area contributed by atoms with Crippen molar-refractivity contribution in [3.05, 3.63) is 30.1 Å². The first-order valence-corrected chi connectivity index (χ1v) is 6.43. The van der Waals surface area contributed by atoms with Crippen LogP contribution >= 0.6 is 0 Å². The van der Waals surface area contributed by atoms with Gasteiger partial charge < -0.3 is 20.3 Å². The largest absolute Gasteiger partial charge is 0.478 e. The summed E-state index contributed by atoms with van der Waals surface area (Å²) in [6, 6.07) is 5.77. The summed E-state index contributed by atoms with van der Waals surface area (Å²) in [5.74, 6) is -1.11. The summed E-state index contributed by atoms with van der Waals surface area (Å²) in [5, 5.41) is 21.1. The highest BCUT2D eigenvalue weighted by molar-refractivity contribution is 5.81. The Bertz CT molecular complexity index is 440. The number of amides is 1. The second-order valence-electron chi connectivity index (χ2n) is 4.63. The van der Waals surface area contributed by atoms with Gasteiger partial charge >= 0.3 is 0 Å². The number of carbonyl (C=O) groups is 1. The molecule has 20 heavy (non-hydrogen) atoms. The standard InChI is InChI=1S/C14H20FNO4/c1-3-14(8-17,9-18)16-13(19)10(2)20-12-7-5-4-6-11(12)15/h4-7,10,17-18H,3,8-9H2,1-2H3,(H,16,19). The number of hydrogen-bond donors (Lipinski definition) is 3. The molecule has 1 aromatic carbocycles. The second kappa shape index (κ2) is 7.21. The van der Waals surface area contributed by atoms with E-state index in [0.29, 0.717) is 6.42 Å². The minimum atomic E-state index is -1.09. The molecular weight excluding hydrogens is 265 g/mol. The van der Waals surface area contributed by atoms with Crippen LogP contribution in [0.15, 0.2) is 24.3 Å². The van der Waals surface area contributed by atoms with Gasteiger partial charge in [-0.05, 0) is 25.5 Å². The predicted octanol–water partition coefficient (Wildman–Crippen LogP) is 0.843. The topological polar surface area (TPSA) is 78.8 Å². The summed E-state index contributed by atoms with van der Waals surface area (Å²) >= 11 is 0. The van der Waals surface area contributed by atoms with Gasteiger partial charge in [0.15, 0.2) is 17.7 Å². The molecule has 1 aromatic rings. The minimum absolute atomic E-state index is 0.0229. The van der Waals surface area contributed by atoms with Crippen LogP contribution in [-0.2, 0) is 4.79 Å². The Labute approximate surface area is 117 Å². The monoisotopic (exact) mass is 285 g/mol. The van der Waals surface area contributed by atoms with E-state index >= 15 is 0 Å². The quantitative estimate of drug-likeness (QED) is 0.694. The molecule has 0 bridgehead atoms. The van der Waals surface area contributed by atoms with Gasteiger partial charge in [-0.2, -0.15) is 0 Å². The average Bonchev–Trinajstić information content (AvgIpc) is 2.47. The molecular formula is C14H20FNO4. The van der Waals surface area contributed by atoms with Crippen molar-refractivity contribution in [1.29, 1.82) is 0 Å². The Kier molecular flexibility index (Phi) is 5.91. The third-order valence-corrected chi connectivity index (χ3v) is 3.18. The molecule has 5 nitrogen and oxygen atoms in total. The molecule has 1 amide bonds. The van der Waals surface area contributed by atoms with Crippen LogP contribution in [0.2, 0.25) is 0 Å². The number of carbonyl (C=O) groups excluding carboxylic acids is 1. The second-order valence-corrected chi connectivity index (χ2v) is 4.63. The summed E-state index contributed by atoms with van der Waals surface area (Å²) < 4.78 is 18.6. The van der Waals surface area contributed by atoms with E-state index in [4.69, 9.17) is 4.74 Å². The summed E-state index contributed by atoms with van der Waals surface area (Å²) in [4.78, 5) is 12.0. The maximum absolute atomic E-state index is 13.4.